The number of halogens is 1. The van der Waals surface area contributed by atoms with E-state index in [0.717, 1.165) is 0 Å². The van der Waals surface area contributed by atoms with Gasteiger partial charge >= 0.3 is 0 Å². The van der Waals surface area contributed by atoms with Crippen molar-refractivity contribution in [3.8, 4) is 12.3 Å². The highest BCUT2D eigenvalue weighted by molar-refractivity contribution is 5.91. The Bertz CT molecular complexity index is 954. The summed E-state index contributed by atoms with van der Waals surface area (Å²) in [4.78, 5) is 15.6. The van der Waals surface area contributed by atoms with Gasteiger partial charge in [0.25, 0.3) is 5.91 Å². The zero-order chi connectivity index (χ0) is 19.4. The van der Waals surface area contributed by atoms with E-state index in [1.165, 1.54) is 21.9 Å². The summed E-state index contributed by atoms with van der Waals surface area (Å²) in [6.45, 7) is 2.26. The fourth-order valence-corrected chi connectivity index (χ4v) is 2.80. The maximum absolute atomic E-state index is 13.3. The summed E-state index contributed by atoms with van der Waals surface area (Å²) in [7, 11) is 0. The van der Waals surface area contributed by atoms with Gasteiger partial charge in [-0.2, -0.15) is 10.5 Å². The summed E-state index contributed by atoms with van der Waals surface area (Å²) in [5, 5.41) is 21.6. The van der Waals surface area contributed by atoms with Crippen LogP contribution in [0.25, 0.3) is 5.70 Å². The zero-order valence-electron chi connectivity index (χ0n) is 14.6. The van der Waals surface area contributed by atoms with E-state index in [-0.39, 0.29) is 11.7 Å². The number of nitriles is 2. The minimum Gasteiger partial charge on any atom is -0.357 e. The van der Waals surface area contributed by atoms with Crippen LogP contribution in [0.15, 0.2) is 54.7 Å². The third-order valence-corrected chi connectivity index (χ3v) is 4.22. The molecule has 1 aliphatic heterocycles. The number of anilines is 1. The minimum atomic E-state index is -0.951. The Morgan fingerprint density at radius 3 is 2.33 bits per heavy atom. The first-order valence-electron chi connectivity index (χ1n) is 8.31. The Balaban J connectivity index is 1.98. The van der Waals surface area contributed by atoms with Crippen molar-refractivity contribution in [3.05, 3.63) is 71.7 Å². The number of rotatable bonds is 4. The average Bonchev–Trinajstić information content (AvgIpc) is 2.70. The summed E-state index contributed by atoms with van der Waals surface area (Å²) in [5.74, 6) is -0.663. The Labute approximate surface area is 156 Å². The molecule has 6 nitrogen and oxygen atoms in total. The summed E-state index contributed by atoms with van der Waals surface area (Å²) in [5.41, 5.74) is 2.21. The Morgan fingerprint density at radius 2 is 1.78 bits per heavy atom. The van der Waals surface area contributed by atoms with Crippen LogP contribution in [-0.4, -0.2) is 28.4 Å². The van der Waals surface area contributed by atoms with Crippen molar-refractivity contribution in [2.45, 2.75) is 13.1 Å². The molecule has 1 N–H and O–H groups in total. The van der Waals surface area contributed by atoms with Crippen molar-refractivity contribution in [2.75, 3.05) is 11.9 Å². The van der Waals surface area contributed by atoms with Crippen molar-refractivity contribution < 1.29 is 9.18 Å². The van der Waals surface area contributed by atoms with E-state index in [2.05, 4.69) is 5.32 Å². The molecule has 3 rings (SSSR count). The van der Waals surface area contributed by atoms with Crippen LogP contribution in [0.4, 0.5) is 10.1 Å². The van der Waals surface area contributed by atoms with Gasteiger partial charge in [0.05, 0.1) is 17.3 Å². The Hall–Kier alpha value is -3.84. The first kappa shape index (κ1) is 18.0. The molecule has 134 valence electrons. The lowest BCUT2D eigenvalue weighted by Crippen LogP contribution is -2.52. The largest absolute Gasteiger partial charge is 0.357 e. The van der Waals surface area contributed by atoms with Crippen LogP contribution in [0.5, 0.6) is 0 Å². The molecule has 0 aliphatic carbocycles. The molecule has 1 aliphatic rings. The monoisotopic (exact) mass is 361 g/mol. The van der Waals surface area contributed by atoms with E-state index in [0.29, 0.717) is 29.1 Å². The summed E-state index contributed by atoms with van der Waals surface area (Å²) < 4.78 is 13.3. The standard InChI is InChI=1S/C20H16FN5O/c1-2-25-12-18(15-5-7-16(21)8-6-15)26(13-23)19(20(25)27)24-17-9-3-14(11-22)4-10-17/h3-10,12,19,24H,2H2,1H3. The molecule has 2 aromatic rings. The average molecular weight is 361 g/mol. The molecular weight excluding hydrogens is 345 g/mol. The number of hydrogen-bond acceptors (Lipinski definition) is 5. The Morgan fingerprint density at radius 1 is 1.11 bits per heavy atom. The lowest BCUT2D eigenvalue weighted by atomic mass is 10.1. The van der Waals surface area contributed by atoms with Crippen molar-refractivity contribution in [3.63, 3.8) is 0 Å². The molecule has 0 fully saturated rings. The van der Waals surface area contributed by atoms with E-state index in [1.54, 1.807) is 42.6 Å². The van der Waals surface area contributed by atoms with Crippen LogP contribution in [0.2, 0.25) is 0 Å². The first-order chi connectivity index (χ1) is 13.1. The number of carbonyl (C=O) groups excluding carboxylic acids is 1. The second-order valence-corrected chi connectivity index (χ2v) is 5.85. The minimum absolute atomic E-state index is 0.283. The van der Waals surface area contributed by atoms with Crippen LogP contribution in [0, 0.1) is 28.6 Å². The quantitative estimate of drug-likeness (QED) is 0.846. The van der Waals surface area contributed by atoms with E-state index in [4.69, 9.17) is 5.26 Å². The van der Waals surface area contributed by atoms with Gasteiger partial charge in [0.15, 0.2) is 12.4 Å². The molecule has 7 heteroatoms. The molecule has 0 saturated carbocycles. The van der Waals surface area contributed by atoms with Gasteiger partial charge in [-0.1, -0.05) is 0 Å². The van der Waals surface area contributed by atoms with E-state index in [9.17, 15) is 14.4 Å². The molecule has 0 aromatic heterocycles. The van der Waals surface area contributed by atoms with E-state index >= 15 is 0 Å². The molecule has 1 amide bonds. The van der Waals surface area contributed by atoms with Gasteiger partial charge in [0.1, 0.15) is 5.82 Å². The topological polar surface area (TPSA) is 83.2 Å². The fraction of sp³-hybridized carbons (Fsp3) is 0.150. The maximum Gasteiger partial charge on any atom is 0.271 e. The highest BCUT2D eigenvalue weighted by Gasteiger charge is 2.36. The number of nitrogens with one attached hydrogen (secondary N) is 1. The van der Waals surface area contributed by atoms with Crippen LogP contribution < -0.4 is 5.32 Å². The molecule has 0 bridgehead atoms. The van der Waals surface area contributed by atoms with E-state index in [1.807, 2.05) is 19.2 Å². The first-order valence-corrected chi connectivity index (χ1v) is 8.31. The van der Waals surface area contributed by atoms with Crippen molar-refractivity contribution in [1.82, 2.24) is 9.80 Å². The van der Waals surface area contributed by atoms with Crippen LogP contribution >= 0.6 is 0 Å². The third kappa shape index (κ3) is 3.58. The predicted octanol–water partition coefficient (Wildman–Crippen LogP) is 3.08. The lowest BCUT2D eigenvalue weighted by Gasteiger charge is -2.37. The molecule has 1 unspecified atom stereocenters. The lowest BCUT2D eigenvalue weighted by molar-refractivity contribution is -0.132. The number of nitrogens with zero attached hydrogens (tertiary/aromatic N) is 4. The molecule has 1 heterocycles. The third-order valence-electron chi connectivity index (χ3n) is 4.22. The van der Waals surface area contributed by atoms with Gasteiger partial charge in [0.2, 0.25) is 0 Å². The summed E-state index contributed by atoms with van der Waals surface area (Å²) in [6.07, 6.45) is 2.69. The Kier molecular flexibility index (Phi) is 5.05. The zero-order valence-corrected chi connectivity index (χ0v) is 14.6. The highest BCUT2D eigenvalue weighted by Crippen LogP contribution is 2.28. The van der Waals surface area contributed by atoms with Crippen LogP contribution in [0.1, 0.15) is 18.1 Å². The van der Waals surface area contributed by atoms with Gasteiger partial charge in [-0.25, -0.2) is 9.29 Å². The van der Waals surface area contributed by atoms with Gasteiger partial charge in [0, 0.05) is 24.0 Å². The van der Waals surface area contributed by atoms with Gasteiger partial charge in [-0.05, 0) is 55.5 Å². The number of carbonyl (C=O) groups is 1. The fourth-order valence-electron chi connectivity index (χ4n) is 2.80. The van der Waals surface area contributed by atoms with Gasteiger partial charge < -0.3 is 10.2 Å². The molecule has 1 atom stereocenters. The van der Waals surface area contributed by atoms with Gasteiger partial charge in [-0.15, -0.1) is 0 Å². The molecule has 0 spiro atoms. The SMILES string of the molecule is CCN1C=C(c2ccc(F)cc2)N(C#N)C(Nc2ccc(C#N)cc2)C1=O. The maximum atomic E-state index is 13.3. The number of likely N-dealkylation sites (N-methyl/N-ethyl adjacent to an activating group) is 1. The predicted molar refractivity (Wildman–Crippen MR) is 97.8 cm³/mol. The highest BCUT2D eigenvalue weighted by atomic mass is 19.1. The molecule has 0 radical (unpaired) electrons. The van der Waals surface area contributed by atoms with Crippen LogP contribution in [0.3, 0.4) is 0 Å². The normalized spacial score (nSPS) is 16.4. The van der Waals surface area contributed by atoms with Gasteiger partial charge in [-0.3, -0.25) is 4.79 Å². The second kappa shape index (κ2) is 7.59. The number of hydrogen-bond donors (Lipinski definition) is 1. The van der Waals surface area contributed by atoms with Crippen molar-refractivity contribution in [1.29, 1.82) is 10.5 Å². The van der Waals surface area contributed by atoms with Crippen molar-refractivity contribution in [2.24, 2.45) is 0 Å². The number of amides is 1. The molecular formula is C20H16FN5O. The summed E-state index contributed by atoms with van der Waals surface area (Å²) in [6, 6.07) is 14.4. The van der Waals surface area contributed by atoms with E-state index < -0.39 is 6.17 Å². The molecule has 0 saturated heterocycles. The van der Waals surface area contributed by atoms with Crippen molar-refractivity contribution >= 4 is 17.3 Å². The second-order valence-electron chi connectivity index (χ2n) is 5.85. The number of benzene rings is 2. The summed E-state index contributed by atoms with van der Waals surface area (Å²) >= 11 is 0. The smallest absolute Gasteiger partial charge is 0.271 e. The molecule has 2 aromatic carbocycles. The van der Waals surface area contributed by atoms with Crippen LogP contribution in [-0.2, 0) is 4.79 Å². The molecule has 27 heavy (non-hydrogen) atoms.